The maximum atomic E-state index is 11.2. The smallest absolute Gasteiger partial charge is 0.318 e. The standard InChI is InChI=1S/C9H13NO3/c1-3-4-6-5-10-8(11)7(6)9(12)13-2/h3-4,6-7H,5H2,1-2H3,(H,10,11)/b4-3+/t6?,7-/m1/s1. The average molecular weight is 183 g/mol. The maximum absolute atomic E-state index is 11.2. The Kier molecular flexibility index (Phi) is 3.06. The predicted octanol–water partition coefficient (Wildman–Crippen LogP) is 0.0977. The molecule has 1 aliphatic rings. The van der Waals surface area contributed by atoms with E-state index in [9.17, 15) is 9.59 Å². The lowest BCUT2D eigenvalue weighted by atomic mass is 9.95. The van der Waals surface area contributed by atoms with Gasteiger partial charge in [-0.2, -0.15) is 0 Å². The van der Waals surface area contributed by atoms with E-state index in [1.165, 1.54) is 7.11 Å². The van der Waals surface area contributed by atoms with Crippen LogP contribution in [0.4, 0.5) is 0 Å². The number of carbonyl (C=O) groups is 2. The Balaban J connectivity index is 2.76. The van der Waals surface area contributed by atoms with Gasteiger partial charge in [-0.3, -0.25) is 9.59 Å². The third-order valence-corrected chi connectivity index (χ3v) is 2.12. The van der Waals surface area contributed by atoms with E-state index in [1.807, 2.05) is 19.1 Å². The molecule has 0 radical (unpaired) electrons. The fraction of sp³-hybridized carbons (Fsp3) is 0.556. The van der Waals surface area contributed by atoms with E-state index in [-0.39, 0.29) is 11.8 Å². The highest BCUT2D eigenvalue weighted by Crippen LogP contribution is 2.20. The lowest BCUT2D eigenvalue weighted by molar-refractivity contribution is -0.149. The van der Waals surface area contributed by atoms with Gasteiger partial charge in [0.1, 0.15) is 5.92 Å². The fourth-order valence-electron chi connectivity index (χ4n) is 1.48. The molecule has 72 valence electrons. The Morgan fingerprint density at radius 1 is 1.69 bits per heavy atom. The van der Waals surface area contributed by atoms with Gasteiger partial charge in [-0.05, 0) is 6.92 Å². The second-order valence-electron chi connectivity index (χ2n) is 2.94. The monoisotopic (exact) mass is 183 g/mol. The molecule has 4 heteroatoms. The minimum atomic E-state index is -0.666. The number of carbonyl (C=O) groups excluding carboxylic acids is 2. The summed E-state index contributed by atoms with van der Waals surface area (Å²) in [6, 6.07) is 0. The lowest BCUT2D eigenvalue weighted by Gasteiger charge is -2.09. The molecule has 0 aromatic rings. The first-order valence-electron chi connectivity index (χ1n) is 4.19. The van der Waals surface area contributed by atoms with Crippen molar-refractivity contribution in [1.82, 2.24) is 5.32 Å². The van der Waals surface area contributed by atoms with Crippen molar-refractivity contribution in [3.8, 4) is 0 Å². The number of esters is 1. The van der Waals surface area contributed by atoms with Gasteiger partial charge < -0.3 is 10.1 Å². The van der Waals surface area contributed by atoms with Crippen LogP contribution >= 0.6 is 0 Å². The van der Waals surface area contributed by atoms with Crippen LogP contribution in [0.25, 0.3) is 0 Å². The number of methoxy groups -OCH3 is 1. The SMILES string of the molecule is C/C=C/C1CNC(=O)[C@@H]1C(=O)OC. The third-order valence-electron chi connectivity index (χ3n) is 2.12. The van der Waals surface area contributed by atoms with Gasteiger partial charge in [-0.15, -0.1) is 0 Å². The topological polar surface area (TPSA) is 55.4 Å². The van der Waals surface area contributed by atoms with E-state index in [4.69, 9.17) is 0 Å². The van der Waals surface area contributed by atoms with Crippen LogP contribution in [0.2, 0.25) is 0 Å². The molecule has 1 aliphatic heterocycles. The Morgan fingerprint density at radius 3 is 2.92 bits per heavy atom. The first-order chi connectivity index (χ1) is 6.20. The van der Waals surface area contributed by atoms with E-state index < -0.39 is 11.9 Å². The molecule has 0 aromatic heterocycles. The minimum absolute atomic E-state index is 0.0649. The van der Waals surface area contributed by atoms with E-state index in [0.29, 0.717) is 6.54 Å². The molecule has 1 unspecified atom stereocenters. The predicted molar refractivity (Wildman–Crippen MR) is 46.8 cm³/mol. The molecule has 1 N–H and O–H groups in total. The van der Waals surface area contributed by atoms with Crippen LogP contribution in [-0.4, -0.2) is 25.5 Å². The summed E-state index contributed by atoms with van der Waals surface area (Å²) in [5.74, 6) is -1.43. The summed E-state index contributed by atoms with van der Waals surface area (Å²) < 4.78 is 4.55. The Morgan fingerprint density at radius 2 is 2.38 bits per heavy atom. The van der Waals surface area contributed by atoms with Gasteiger partial charge in [0.25, 0.3) is 0 Å². The minimum Gasteiger partial charge on any atom is -0.468 e. The van der Waals surface area contributed by atoms with E-state index >= 15 is 0 Å². The number of rotatable bonds is 2. The summed E-state index contributed by atoms with van der Waals surface area (Å²) in [7, 11) is 1.29. The summed E-state index contributed by atoms with van der Waals surface area (Å²) in [5, 5.41) is 2.63. The summed E-state index contributed by atoms with van der Waals surface area (Å²) in [4.78, 5) is 22.4. The normalized spacial score (nSPS) is 27.7. The second-order valence-corrected chi connectivity index (χ2v) is 2.94. The van der Waals surface area contributed by atoms with Crippen LogP contribution in [0.5, 0.6) is 0 Å². The molecule has 2 atom stereocenters. The molecular formula is C9H13NO3. The van der Waals surface area contributed by atoms with Crippen LogP contribution in [-0.2, 0) is 14.3 Å². The van der Waals surface area contributed by atoms with Crippen molar-refractivity contribution in [2.75, 3.05) is 13.7 Å². The van der Waals surface area contributed by atoms with Crippen LogP contribution in [0, 0.1) is 11.8 Å². The Labute approximate surface area is 76.9 Å². The molecule has 0 saturated carbocycles. The average Bonchev–Trinajstić information content (AvgIpc) is 2.47. The summed E-state index contributed by atoms with van der Waals surface area (Å²) in [6.45, 7) is 2.38. The van der Waals surface area contributed by atoms with Gasteiger partial charge in [0.15, 0.2) is 0 Å². The molecule has 1 amide bonds. The van der Waals surface area contributed by atoms with Crippen molar-refractivity contribution in [2.45, 2.75) is 6.92 Å². The summed E-state index contributed by atoms with van der Waals surface area (Å²) in [5.41, 5.74) is 0. The molecule has 13 heavy (non-hydrogen) atoms. The van der Waals surface area contributed by atoms with Crippen molar-refractivity contribution >= 4 is 11.9 Å². The number of allylic oxidation sites excluding steroid dienone is 1. The highest BCUT2D eigenvalue weighted by molar-refractivity contribution is 5.99. The number of hydrogen-bond acceptors (Lipinski definition) is 3. The largest absolute Gasteiger partial charge is 0.468 e. The van der Waals surface area contributed by atoms with Gasteiger partial charge in [-0.1, -0.05) is 12.2 Å². The number of nitrogens with one attached hydrogen (secondary N) is 1. The number of amides is 1. The van der Waals surface area contributed by atoms with E-state index in [0.717, 1.165) is 0 Å². The molecule has 1 saturated heterocycles. The molecule has 0 aliphatic carbocycles. The zero-order valence-corrected chi connectivity index (χ0v) is 7.74. The maximum Gasteiger partial charge on any atom is 0.318 e. The van der Waals surface area contributed by atoms with Crippen LogP contribution < -0.4 is 5.32 Å². The quantitative estimate of drug-likeness (QED) is 0.375. The zero-order chi connectivity index (χ0) is 9.84. The highest BCUT2D eigenvalue weighted by Gasteiger charge is 2.39. The molecule has 1 heterocycles. The van der Waals surface area contributed by atoms with Crippen molar-refractivity contribution in [3.63, 3.8) is 0 Å². The van der Waals surface area contributed by atoms with Crippen molar-refractivity contribution in [1.29, 1.82) is 0 Å². The number of hydrogen-bond donors (Lipinski definition) is 1. The molecule has 1 rings (SSSR count). The summed E-state index contributed by atoms with van der Waals surface area (Å²) >= 11 is 0. The Hall–Kier alpha value is -1.32. The van der Waals surface area contributed by atoms with Gasteiger partial charge >= 0.3 is 5.97 Å². The van der Waals surface area contributed by atoms with Gasteiger partial charge in [0.05, 0.1) is 7.11 Å². The number of ether oxygens (including phenoxy) is 1. The first kappa shape index (κ1) is 9.77. The van der Waals surface area contributed by atoms with Crippen LogP contribution in [0.15, 0.2) is 12.2 Å². The molecule has 1 fully saturated rings. The van der Waals surface area contributed by atoms with Gasteiger partial charge in [-0.25, -0.2) is 0 Å². The molecule has 4 nitrogen and oxygen atoms in total. The lowest BCUT2D eigenvalue weighted by Crippen LogP contribution is -2.28. The fourth-order valence-corrected chi connectivity index (χ4v) is 1.48. The second kappa shape index (κ2) is 4.07. The van der Waals surface area contributed by atoms with Gasteiger partial charge in [0, 0.05) is 12.5 Å². The highest BCUT2D eigenvalue weighted by atomic mass is 16.5. The summed E-state index contributed by atoms with van der Waals surface area (Å²) in [6.07, 6.45) is 3.68. The first-order valence-corrected chi connectivity index (χ1v) is 4.19. The van der Waals surface area contributed by atoms with Crippen molar-refractivity contribution in [2.24, 2.45) is 11.8 Å². The van der Waals surface area contributed by atoms with E-state index in [2.05, 4.69) is 10.1 Å². The van der Waals surface area contributed by atoms with Crippen molar-refractivity contribution in [3.05, 3.63) is 12.2 Å². The van der Waals surface area contributed by atoms with Crippen molar-refractivity contribution < 1.29 is 14.3 Å². The van der Waals surface area contributed by atoms with Crippen LogP contribution in [0.1, 0.15) is 6.92 Å². The van der Waals surface area contributed by atoms with E-state index in [1.54, 1.807) is 0 Å². The molecule has 0 spiro atoms. The molecular weight excluding hydrogens is 170 g/mol. The zero-order valence-electron chi connectivity index (χ0n) is 7.74. The molecule has 0 aromatic carbocycles. The molecule has 0 bridgehead atoms. The Bertz CT molecular complexity index is 247. The third kappa shape index (κ3) is 1.88. The van der Waals surface area contributed by atoms with Gasteiger partial charge in [0.2, 0.25) is 5.91 Å². The van der Waals surface area contributed by atoms with Crippen LogP contribution in [0.3, 0.4) is 0 Å².